The molecule has 0 saturated carbocycles. The Morgan fingerprint density at radius 1 is 0.489 bits per heavy atom. The van der Waals surface area contributed by atoms with E-state index in [1.807, 2.05) is 72.2 Å². The van der Waals surface area contributed by atoms with Crippen LogP contribution in [-0.4, -0.2) is 34.1 Å². The number of nitrogens with zero attached hydrogens (tertiary/aromatic N) is 7. The molecule has 0 fully saturated rings. The molecule has 0 saturated heterocycles. The van der Waals surface area contributed by atoms with Crippen LogP contribution in [0.25, 0.3) is 33.1 Å². The molecule has 0 N–H and O–H groups in total. The highest BCUT2D eigenvalue weighted by Gasteiger charge is 1.98. The zero-order chi connectivity index (χ0) is 34.3. The summed E-state index contributed by atoms with van der Waals surface area (Å²) in [5, 5.41) is 2.40. The number of hydrogen-bond donors (Lipinski definition) is 0. The Hall–Kier alpha value is -4.13. The van der Waals surface area contributed by atoms with Crippen molar-refractivity contribution in [2.75, 3.05) is 0 Å². The van der Waals surface area contributed by atoms with Crippen molar-refractivity contribution >= 4 is 33.1 Å². The van der Waals surface area contributed by atoms with Crippen LogP contribution in [0.1, 0.15) is 83.1 Å². The van der Waals surface area contributed by atoms with Gasteiger partial charge in [0.2, 0.25) is 0 Å². The van der Waals surface area contributed by atoms with Crippen molar-refractivity contribution in [3.63, 3.8) is 0 Å². The van der Waals surface area contributed by atoms with E-state index in [2.05, 4.69) is 132 Å². The van der Waals surface area contributed by atoms with Gasteiger partial charge in [-0.25, -0.2) is 19.9 Å². The molecule has 0 spiro atoms. The number of imidazole rings is 1. The van der Waals surface area contributed by atoms with Crippen LogP contribution in [-0.2, 0) is 14.1 Å². The molecule has 6 aromatic rings. The smallest absolute Gasteiger partial charge is 0.162 e. The second-order valence-corrected chi connectivity index (χ2v) is 15.6. The molecule has 0 unspecified atom stereocenters. The number of hydrogen-bond acceptors (Lipinski definition) is 5. The second kappa shape index (κ2) is 18.0. The summed E-state index contributed by atoms with van der Waals surface area (Å²) < 4.78 is 3.87. The first-order valence-corrected chi connectivity index (χ1v) is 15.5. The van der Waals surface area contributed by atoms with E-state index < -0.39 is 0 Å². The van der Waals surface area contributed by atoms with E-state index in [9.17, 15) is 0 Å². The number of rotatable bonds is 0. The molecule has 0 amide bonds. The minimum absolute atomic E-state index is 0.500. The van der Waals surface area contributed by atoms with Crippen molar-refractivity contribution in [2.24, 2.45) is 30.3 Å². The van der Waals surface area contributed by atoms with E-state index in [0.717, 1.165) is 22.3 Å². The number of fused-ring (bicyclic) bond motifs is 3. The van der Waals surface area contributed by atoms with E-state index in [4.69, 9.17) is 0 Å². The first-order chi connectivity index (χ1) is 20.7. The average molecular weight is 612 g/mol. The predicted octanol–water partition coefficient (Wildman–Crippen LogP) is 10.3. The van der Waals surface area contributed by atoms with Crippen LogP contribution < -0.4 is 0 Å². The van der Waals surface area contributed by atoms with Gasteiger partial charge in [-0.2, -0.15) is 0 Å². The molecule has 6 rings (SSSR count). The Balaban J connectivity index is 0.000000280. The van der Waals surface area contributed by atoms with Gasteiger partial charge in [-0.1, -0.05) is 107 Å². The first-order valence-electron chi connectivity index (χ1n) is 15.5. The maximum atomic E-state index is 4.20. The van der Waals surface area contributed by atoms with E-state index in [1.165, 1.54) is 17.1 Å². The van der Waals surface area contributed by atoms with Crippen molar-refractivity contribution in [3.8, 4) is 0 Å². The van der Waals surface area contributed by atoms with Crippen LogP contribution in [0, 0.1) is 16.2 Å². The summed E-state index contributed by atoms with van der Waals surface area (Å²) in [6, 6.07) is 18.1. The highest BCUT2D eigenvalue weighted by molar-refractivity contribution is 5.77. The van der Waals surface area contributed by atoms with Crippen molar-refractivity contribution in [1.29, 1.82) is 0 Å². The summed E-state index contributed by atoms with van der Waals surface area (Å²) in [5.74, 6) is 0. The van der Waals surface area contributed by atoms with Crippen molar-refractivity contribution < 1.29 is 0 Å². The third kappa shape index (κ3) is 19.7. The third-order valence-electron chi connectivity index (χ3n) is 4.52. The SMILES string of the molecule is CC(C)(C)C.CC(C)(C)C.CC(C)(C)C.Cn1ccc2cccnc21.Cn1cnc2cncnc21.c1ccc2ncccc2c1. The van der Waals surface area contributed by atoms with Crippen LogP contribution in [0.5, 0.6) is 0 Å². The van der Waals surface area contributed by atoms with Gasteiger partial charge >= 0.3 is 0 Å². The van der Waals surface area contributed by atoms with Gasteiger partial charge < -0.3 is 9.13 Å². The fourth-order valence-corrected chi connectivity index (χ4v) is 3.00. The third-order valence-corrected chi connectivity index (χ3v) is 4.52. The van der Waals surface area contributed by atoms with Gasteiger partial charge in [-0.15, -0.1) is 0 Å². The molecular weight excluding hydrogens is 554 g/mol. The molecule has 0 aliphatic rings. The van der Waals surface area contributed by atoms with Crippen molar-refractivity contribution in [2.45, 2.75) is 83.1 Å². The van der Waals surface area contributed by atoms with Gasteiger partial charge in [-0.3, -0.25) is 4.98 Å². The maximum Gasteiger partial charge on any atom is 0.162 e. The van der Waals surface area contributed by atoms with E-state index >= 15 is 0 Å². The van der Waals surface area contributed by atoms with E-state index in [1.54, 1.807) is 12.5 Å². The summed E-state index contributed by atoms with van der Waals surface area (Å²) in [7, 11) is 3.90. The zero-order valence-electron chi connectivity index (χ0n) is 30.3. The Bertz CT molecular complexity index is 1480. The largest absolute Gasteiger partial charge is 0.336 e. The Labute approximate surface area is 272 Å². The molecule has 45 heavy (non-hydrogen) atoms. The number of aryl methyl sites for hydroxylation is 2. The molecule has 0 atom stereocenters. The fourth-order valence-electron chi connectivity index (χ4n) is 3.00. The molecule has 5 heterocycles. The highest BCUT2D eigenvalue weighted by Crippen LogP contribution is 2.11. The van der Waals surface area contributed by atoms with E-state index in [-0.39, 0.29) is 0 Å². The van der Waals surface area contributed by atoms with Crippen LogP contribution >= 0.6 is 0 Å². The normalized spacial score (nSPS) is 10.9. The minimum Gasteiger partial charge on any atom is -0.336 e. The quantitative estimate of drug-likeness (QED) is 0.171. The fraction of sp³-hybridized carbons (Fsp3) is 0.447. The second-order valence-electron chi connectivity index (χ2n) is 15.6. The summed E-state index contributed by atoms with van der Waals surface area (Å²) in [4.78, 5) is 20.3. The summed E-state index contributed by atoms with van der Waals surface area (Å²) in [6.45, 7) is 26.2. The number of benzene rings is 1. The van der Waals surface area contributed by atoms with Gasteiger partial charge in [0.25, 0.3) is 0 Å². The standard InChI is InChI=1S/C9H7N.C8H8N2.C6H6N4.3C5H12/c1-2-6-9-8(4-1)5-3-7-10-9;1-10-6-4-7-3-2-5-9-8(7)10;1-10-4-9-5-2-7-3-8-6(5)10;3*1-5(2,3)4/h1-7H;2-6H,1H3;2-4H,1H3;3*1-4H3. The Morgan fingerprint density at radius 2 is 1.00 bits per heavy atom. The molecular formula is C38H57N7. The molecule has 244 valence electrons. The molecule has 7 nitrogen and oxygen atoms in total. The number of aromatic nitrogens is 7. The summed E-state index contributed by atoms with van der Waals surface area (Å²) in [6.07, 6.45) is 10.6. The summed E-state index contributed by atoms with van der Waals surface area (Å²) >= 11 is 0. The van der Waals surface area contributed by atoms with Gasteiger partial charge in [0, 0.05) is 43.5 Å². The molecule has 0 bridgehead atoms. The lowest BCUT2D eigenvalue weighted by molar-refractivity contribution is 0.469. The van der Waals surface area contributed by atoms with Crippen LogP contribution in [0.3, 0.4) is 0 Å². The van der Waals surface area contributed by atoms with Gasteiger partial charge in [0.05, 0.1) is 18.0 Å². The van der Waals surface area contributed by atoms with Crippen LogP contribution in [0.2, 0.25) is 0 Å². The molecule has 1 aromatic carbocycles. The lowest BCUT2D eigenvalue weighted by Gasteiger charge is -2.05. The lowest BCUT2D eigenvalue weighted by atomic mass is 10.0. The molecule has 0 radical (unpaired) electrons. The lowest BCUT2D eigenvalue weighted by Crippen LogP contribution is -1.93. The molecule has 0 aliphatic heterocycles. The van der Waals surface area contributed by atoms with Gasteiger partial charge in [0.1, 0.15) is 17.5 Å². The predicted molar refractivity (Wildman–Crippen MR) is 194 cm³/mol. The van der Waals surface area contributed by atoms with Crippen molar-refractivity contribution in [3.05, 3.63) is 92.0 Å². The van der Waals surface area contributed by atoms with Gasteiger partial charge in [0.15, 0.2) is 5.65 Å². The van der Waals surface area contributed by atoms with Gasteiger partial charge in [-0.05, 0) is 46.6 Å². The zero-order valence-corrected chi connectivity index (χ0v) is 30.3. The molecule has 5 aromatic heterocycles. The summed E-state index contributed by atoms with van der Waals surface area (Å²) in [5.41, 5.74) is 5.31. The van der Waals surface area contributed by atoms with Crippen LogP contribution in [0.4, 0.5) is 0 Å². The Morgan fingerprint density at radius 3 is 1.53 bits per heavy atom. The van der Waals surface area contributed by atoms with Crippen LogP contribution in [0.15, 0.2) is 92.0 Å². The number of para-hydroxylation sites is 1. The molecule has 0 aliphatic carbocycles. The topological polar surface area (TPSA) is 74.3 Å². The molecule has 7 heteroatoms. The van der Waals surface area contributed by atoms with Crippen molar-refractivity contribution in [1.82, 2.24) is 34.1 Å². The first kappa shape index (κ1) is 38.9. The number of pyridine rings is 2. The Kier molecular flexibility index (Phi) is 15.5. The minimum atomic E-state index is 0.500. The monoisotopic (exact) mass is 611 g/mol. The van der Waals surface area contributed by atoms with E-state index in [0.29, 0.717) is 16.2 Å². The maximum absolute atomic E-state index is 4.20. The average Bonchev–Trinajstić information content (AvgIpc) is 3.49. The highest BCUT2D eigenvalue weighted by atomic mass is 15.1.